The Bertz CT molecular complexity index is 349. The zero-order valence-corrected chi connectivity index (χ0v) is 8.49. The molecule has 2 rings (SSSR count). The number of imidazole rings is 1. The van der Waals surface area contributed by atoms with Crippen LogP contribution in [0.25, 0.3) is 0 Å². The molecule has 1 atom stereocenters. The second-order valence-electron chi connectivity index (χ2n) is 3.96. The SMILES string of the molecule is N[C@@H](Cc1nc2c([nH]1)CCCC2)C(=O)O. The fourth-order valence-corrected chi connectivity index (χ4v) is 1.90. The molecular formula is C10H15N3O2. The number of nitrogens with one attached hydrogen (secondary N) is 1. The Kier molecular flexibility index (Phi) is 2.73. The maximum atomic E-state index is 10.6. The Balaban J connectivity index is 2.09. The van der Waals surface area contributed by atoms with E-state index in [2.05, 4.69) is 9.97 Å². The van der Waals surface area contributed by atoms with Gasteiger partial charge < -0.3 is 15.8 Å². The standard InChI is InChI=1S/C10H15N3O2/c11-6(10(14)15)5-9-12-7-3-1-2-4-8(7)13-9/h6H,1-5,11H2,(H,12,13)(H,14,15)/t6-/m0/s1. The number of aromatic nitrogens is 2. The van der Waals surface area contributed by atoms with Gasteiger partial charge in [0, 0.05) is 12.1 Å². The number of hydrogen-bond acceptors (Lipinski definition) is 3. The molecule has 1 aliphatic rings. The highest BCUT2D eigenvalue weighted by molar-refractivity contribution is 5.73. The van der Waals surface area contributed by atoms with E-state index in [-0.39, 0.29) is 6.42 Å². The maximum absolute atomic E-state index is 10.6. The molecule has 5 nitrogen and oxygen atoms in total. The fourth-order valence-electron chi connectivity index (χ4n) is 1.90. The number of nitrogens with two attached hydrogens (primary N) is 1. The molecule has 1 aliphatic carbocycles. The molecule has 82 valence electrons. The number of carboxylic acid groups (broad SMARTS) is 1. The van der Waals surface area contributed by atoms with Crippen molar-refractivity contribution in [2.75, 3.05) is 0 Å². The normalized spacial score (nSPS) is 17.1. The van der Waals surface area contributed by atoms with Crippen LogP contribution in [0.15, 0.2) is 0 Å². The van der Waals surface area contributed by atoms with Crippen LogP contribution in [-0.4, -0.2) is 27.1 Å². The molecule has 0 unspecified atom stereocenters. The molecule has 0 amide bonds. The van der Waals surface area contributed by atoms with Gasteiger partial charge in [0.15, 0.2) is 0 Å². The number of carbonyl (C=O) groups is 1. The lowest BCUT2D eigenvalue weighted by Crippen LogP contribution is -2.32. The summed E-state index contributed by atoms with van der Waals surface area (Å²) in [5.74, 6) is -0.277. The first-order valence-electron chi connectivity index (χ1n) is 5.22. The van der Waals surface area contributed by atoms with Crippen LogP contribution >= 0.6 is 0 Å². The molecule has 0 saturated carbocycles. The van der Waals surface area contributed by atoms with E-state index in [1.807, 2.05) is 0 Å². The molecular weight excluding hydrogens is 194 g/mol. The summed E-state index contributed by atoms with van der Waals surface area (Å²) in [6.07, 6.45) is 4.64. The summed E-state index contributed by atoms with van der Waals surface area (Å²) in [6, 6.07) is -0.863. The van der Waals surface area contributed by atoms with Crippen molar-refractivity contribution in [2.45, 2.75) is 38.1 Å². The molecule has 1 heterocycles. The molecule has 0 bridgehead atoms. The lowest BCUT2D eigenvalue weighted by atomic mass is 10.0. The summed E-state index contributed by atoms with van der Waals surface area (Å²) in [5.41, 5.74) is 7.70. The third kappa shape index (κ3) is 2.18. The van der Waals surface area contributed by atoms with Gasteiger partial charge in [0.25, 0.3) is 0 Å². The minimum absolute atomic E-state index is 0.280. The number of aliphatic carboxylic acids is 1. The molecule has 5 heteroatoms. The van der Waals surface area contributed by atoms with E-state index < -0.39 is 12.0 Å². The molecule has 0 fully saturated rings. The van der Waals surface area contributed by atoms with Crippen molar-refractivity contribution in [3.05, 3.63) is 17.2 Å². The Morgan fingerprint density at radius 2 is 2.27 bits per heavy atom. The van der Waals surface area contributed by atoms with Crippen LogP contribution in [0.3, 0.4) is 0 Å². The molecule has 4 N–H and O–H groups in total. The number of aromatic amines is 1. The van der Waals surface area contributed by atoms with Crippen molar-refractivity contribution in [3.8, 4) is 0 Å². The van der Waals surface area contributed by atoms with E-state index in [9.17, 15) is 4.79 Å². The van der Waals surface area contributed by atoms with Gasteiger partial charge >= 0.3 is 5.97 Å². The zero-order valence-electron chi connectivity index (χ0n) is 8.49. The van der Waals surface area contributed by atoms with Crippen molar-refractivity contribution < 1.29 is 9.90 Å². The van der Waals surface area contributed by atoms with Crippen molar-refractivity contribution in [1.82, 2.24) is 9.97 Å². The highest BCUT2D eigenvalue weighted by Crippen LogP contribution is 2.18. The summed E-state index contributed by atoms with van der Waals surface area (Å²) >= 11 is 0. The van der Waals surface area contributed by atoms with E-state index >= 15 is 0 Å². The number of nitrogens with zero attached hydrogens (tertiary/aromatic N) is 1. The van der Waals surface area contributed by atoms with Crippen LogP contribution in [0.5, 0.6) is 0 Å². The second kappa shape index (κ2) is 4.02. The summed E-state index contributed by atoms with van der Waals surface area (Å²) in [7, 11) is 0. The molecule has 0 aliphatic heterocycles. The van der Waals surface area contributed by atoms with E-state index in [1.165, 1.54) is 12.8 Å². The van der Waals surface area contributed by atoms with Gasteiger partial charge in [-0.3, -0.25) is 4.79 Å². The zero-order chi connectivity index (χ0) is 10.8. The van der Waals surface area contributed by atoms with Crippen LogP contribution in [-0.2, 0) is 24.1 Å². The molecule has 15 heavy (non-hydrogen) atoms. The van der Waals surface area contributed by atoms with Crippen molar-refractivity contribution in [1.29, 1.82) is 0 Å². The second-order valence-corrected chi connectivity index (χ2v) is 3.96. The van der Waals surface area contributed by atoms with Gasteiger partial charge in [-0.25, -0.2) is 4.98 Å². The molecule has 0 radical (unpaired) electrons. The largest absolute Gasteiger partial charge is 0.480 e. The van der Waals surface area contributed by atoms with Gasteiger partial charge in [-0.15, -0.1) is 0 Å². The third-order valence-electron chi connectivity index (χ3n) is 2.73. The third-order valence-corrected chi connectivity index (χ3v) is 2.73. The van der Waals surface area contributed by atoms with E-state index in [0.29, 0.717) is 5.82 Å². The highest BCUT2D eigenvalue weighted by Gasteiger charge is 2.18. The topological polar surface area (TPSA) is 92.0 Å². The van der Waals surface area contributed by atoms with Gasteiger partial charge in [0.2, 0.25) is 0 Å². The number of H-pyrrole nitrogens is 1. The van der Waals surface area contributed by atoms with E-state index in [1.54, 1.807) is 0 Å². The first kappa shape index (κ1) is 10.2. The Hall–Kier alpha value is -1.36. The average Bonchev–Trinajstić information content (AvgIpc) is 2.59. The van der Waals surface area contributed by atoms with Crippen LogP contribution in [0.2, 0.25) is 0 Å². The highest BCUT2D eigenvalue weighted by atomic mass is 16.4. The minimum atomic E-state index is -0.982. The summed E-state index contributed by atoms with van der Waals surface area (Å²) < 4.78 is 0. The number of fused-ring (bicyclic) bond motifs is 1. The maximum Gasteiger partial charge on any atom is 0.320 e. The Labute approximate surface area is 87.7 Å². The number of rotatable bonds is 3. The number of aryl methyl sites for hydroxylation is 2. The van der Waals surface area contributed by atoms with Gasteiger partial charge in [0.05, 0.1) is 5.69 Å². The van der Waals surface area contributed by atoms with Crippen molar-refractivity contribution in [3.63, 3.8) is 0 Å². The molecule has 1 aromatic heterocycles. The summed E-state index contributed by atoms with van der Waals surface area (Å²) in [5, 5.41) is 8.68. The van der Waals surface area contributed by atoms with Crippen molar-refractivity contribution in [2.24, 2.45) is 5.73 Å². The van der Waals surface area contributed by atoms with Crippen molar-refractivity contribution >= 4 is 5.97 Å². The van der Waals surface area contributed by atoms with Gasteiger partial charge in [-0.05, 0) is 25.7 Å². The summed E-state index contributed by atoms with van der Waals surface area (Å²) in [6.45, 7) is 0. The van der Waals surface area contributed by atoms with Crippen LogP contribution in [0.1, 0.15) is 30.1 Å². The lowest BCUT2D eigenvalue weighted by Gasteiger charge is -2.07. The van der Waals surface area contributed by atoms with Crippen LogP contribution in [0, 0.1) is 0 Å². The van der Waals surface area contributed by atoms with E-state index in [4.69, 9.17) is 10.8 Å². The predicted molar refractivity (Wildman–Crippen MR) is 54.5 cm³/mol. The molecule has 0 spiro atoms. The van der Waals surface area contributed by atoms with Gasteiger partial charge in [-0.1, -0.05) is 0 Å². The fraction of sp³-hybridized carbons (Fsp3) is 0.600. The quantitative estimate of drug-likeness (QED) is 0.665. The monoisotopic (exact) mass is 209 g/mol. The molecule has 0 saturated heterocycles. The van der Waals surface area contributed by atoms with Gasteiger partial charge in [-0.2, -0.15) is 0 Å². The molecule has 0 aromatic carbocycles. The number of carboxylic acids is 1. The van der Waals surface area contributed by atoms with E-state index in [0.717, 1.165) is 24.2 Å². The summed E-state index contributed by atoms with van der Waals surface area (Å²) in [4.78, 5) is 18.1. The Morgan fingerprint density at radius 3 is 2.93 bits per heavy atom. The smallest absolute Gasteiger partial charge is 0.320 e. The van der Waals surface area contributed by atoms with Crippen LogP contribution < -0.4 is 5.73 Å². The molecule has 1 aromatic rings. The van der Waals surface area contributed by atoms with Gasteiger partial charge in [0.1, 0.15) is 11.9 Å². The Morgan fingerprint density at radius 1 is 1.53 bits per heavy atom. The first-order valence-corrected chi connectivity index (χ1v) is 5.22. The lowest BCUT2D eigenvalue weighted by molar-refractivity contribution is -0.138. The average molecular weight is 209 g/mol. The first-order chi connectivity index (χ1) is 7.16. The minimum Gasteiger partial charge on any atom is -0.480 e. The van der Waals surface area contributed by atoms with Crippen LogP contribution in [0.4, 0.5) is 0 Å². The predicted octanol–water partition coefficient (Wildman–Crippen LogP) is 0.243. The number of hydrogen-bond donors (Lipinski definition) is 3.